The van der Waals surface area contributed by atoms with E-state index < -0.39 is 23.8 Å². The Balaban J connectivity index is 1.73. The minimum atomic E-state index is -0.686. The number of benzene rings is 2. The van der Waals surface area contributed by atoms with Gasteiger partial charge in [0, 0.05) is 32.7 Å². The molecule has 3 atom stereocenters. The van der Waals surface area contributed by atoms with Gasteiger partial charge in [0.15, 0.2) is 0 Å². The molecule has 2 unspecified atom stereocenters. The predicted octanol–water partition coefficient (Wildman–Crippen LogP) is 3.03. The van der Waals surface area contributed by atoms with E-state index in [1.807, 2.05) is 54.3 Å². The van der Waals surface area contributed by atoms with Crippen molar-refractivity contribution in [3.63, 3.8) is 0 Å². The van der Waals surface area contributed by atoms with E-state index in [0.717, 1.165) is 17.5 Å². The summed E-state index contributed by atoms with van der Waals surface area (Å²) >= 11 is 0. The summed E-state index contributed by atoms with van der Waals surface area (Å²) < 4.78 is 6.32. The van der Waals surface area contributed by atoms with Gasteiger partial charge in [0.25, 0.3) is 0 Å². The van der Waals surface area contributed by atoms with Crippen LogP contribution in [0.15, 0.2) is 72.5 Å². The zero-order chi connectivity index (χ0) is 32.3. The number of hydrogen-bond donors (Lipinski definition) is 4. The Bertz CT molecular complexity index is 1170. The zero-order valence-corrected chi connectivity index (χ0v) is 27.1. The summed E-state index contributed by atoms with van der Waals surface area (Å²) in [6.45, 7) is 6.38. The minimum absolute atomic E-state index is 0.0588. The highest BCUT2D eigenvalue weighted by Gasteiger charge is 2.42. The molecule has 1 aliphatic heterocycles. The average molecular weight is 608 g/mol. The van der Waals surface area contributed by atoms with Crippen molar-refractivity contribution in [1.29, 1.82) is 0 Å². The van der Waals surface area contributed by atoms with Crippen LogP contribution in [0, 0.1) is 5.92 Å². The minimum Gasteiger partial charge on any atom is -0.414 e. The summed E-state index contributed by atoms with van der Waals surface area (Å²) in [5, 5.41) is 2.93. The summed E-state index contributed by atoms with van der Waals surface area (Å²) in [6, 6.07) is 20.2. The van der Waals surface area contributed by atoms with E-state index in [-0.39, 0.29) is 17.9 Å². The molecule has 2 aromatic rings. The Morgan fingerprint density at radius 3 is 2.16 bits per heavy atom. The van der Waals surface area contributed by atoms with Crippen molar-refractivity contribution >= 4 is 12.0 Å². The number of hydrogen-bond acceptors (Lipinski definition) is 8. The molecule has 10 heteroatoms. The van der Waals surface area contributed by atoms with Crippen molar-refractivity contribution in [3.05, 3.63) is 83.6 Å². The lowest BCUT2D eigenvalue weighted by Crippen LogP contribution is -2.46. The van der Waals surface area contributed by atoms with Crippen LogP contribution in [0.25, 0.3) is 0 Å². The first-order chi connectivity index (χ1) is 21.0. The molecule has 10 nitrogen and oxygen atoms in total. The van der Waals surface area contributed by atoms with Crippen molar-refractivity contribution < 1.29 is 14.3 Å². The summed E-state index contributed by atoms with van der Waals surface area (Å²) in [5.74, 6) is 0.674. The fourth-order valence-corrected chi connectivity index (χ4v) is 6.02. The third-order valence-corrected chi connectivity index (χ3v) is 8.73. The quantitative estimate of drug-likeness (QED) is 0.138. The molecule has 242 valence electrons. The van der Waals surface area contributed by atoms with Gasteiger partial charge < -0.3 is 36.6 Å². The Morgan fingerprint density at radius 2 is 1.64 bits per heavy atom. The van der Waals surface area contributed by atoms with E-state index >= 15 is 0 Å². The smallest absolute Gasteiger partial charge is 0.414 e. The van der Waals surface area contributed by atoms with E-state index in [9.17, 15) is 9.59 Å². The van der Waals surface area contributed by atoms with Gasteiger partial charge in [0.05, 0.1) is 11.5 Å². The molecule has 2 aromatic carbocycles. The molecule has 1 aliphatic rings. The SMILES string of the molecule is C/C=C(\OC(=O)N(C)CC1CCN(C(=O)[C@@H](N)CCCNC(N)N)C1)C(CC(C)N(C)C)(c1ccccc1)c1ccccc1. The maximum atomic E-state index is 13.7. The second-order valence-electron chi connectivity index (χ2n) is 12.2. The molecule has 0 aromatic heterocycles. The number of carbonyl (C=O) groups excluding carboxylic acids is 2. The fourth-order valence-electron chi connectivity index (χ4n) is 6.02. The third kappa shape index (κ3) is 9.12. The summed E-state index contributed by atoms with van der Waals surface area (Å²) in [6.07, 6.45) is 3.69. The maximum absolute atomic E-state index is 13.7. The molecular weight excluding hydrogens is 554 g/mol. The second-order valence-corrected chi connectivity index (χ2v) is 12.2. The molecule has 1 fully saturated rings. The molecule has 7 N–H and O–H groups in total. The zero-order valence-electron chi connectivity index (χ0n) is 27.1. The van der Waals surface area contributed by atoms with E-state index in [4.69, 9.17) is 21.9 Å². The van der Waals surface area contributed by atoms with E-state index in [0.29, 0.717) is 51.2 Å². The van der Waals surface area contributed by atoms with Crippen molar-refractivity contribution in [3.8, 4) is 0 Å². The number of likely N-dealkylation sites (tertiary alicyclic amines) is 1. The number of allylic oxidation sites excluding steroid dienone is 2. The van der Waals surface area contributed by atoms with Gasteiger partial charge >= 0.3 is 6.09 Å². The van der Waals surface area contributed by atoms with Gasteiger partial charge in [-0.25, -0.2) is 4.79 Å². The lowest BCUT2D eigenvalue weighted by Gasteiger charge is -2.40. The van der Waals surface area contributed by atoms with Gasteiger partial charge in [0.2, 0.25) is 5.91 Å². The first-order valence-corrected chi connectivity index (χ1v) is 15.7. The standard InChI is InChI=1S/C34H53N7O3/c1-6-30(34(22-25(2)39(3)4,27-14-9-7-10-15-27)28-16-11-8-12-17-28)44-33(43)40(5)23-26-19-21-41(24-26)31(42)29(35)18-13-20-38-32(36)37/h6-12,14-17,25-26,29,32,38H,13,18-24,35-37H2,1-5H3/b30-6-/t25?,26?,29-/m0/s1. The second kappa shape index (κ2) is 16.7. The Labute approximate surface area is 263 Å². The van der Waals surface area contributed by atoms with Gasteiger partial charge in [-0.05, 0) is 83.3 Å². The molecule has 44 heavy (non-hydrogen) atoms. The highest BCUT2D eigenvalue weighted by Crippen LogP contribution is 2.44. The van der Waals surface area contributed by atoms with Crippen LogP contribution in [0.1, 0.15) is 50.7 Å². The Morgan fingerprint density at radius 1 is 1.05 bits per heavy atom. The van der Waals surface area contributed by atoms with Crippen LogP contribution >= 0.6 is 0 Å². The van der Waals surface area contributed by atoms with Gasteiger partial charge in [-0.15, -0.1) is 0 Å². The van der Waals surface area contributed by atoms with E-state index in [2.05, 4.69) is 55.5 Å². The summed E-state index contributed by atoms with van der Waals surface area (Å²) in [7, 11) is 5.89. The average Bonchev–Trinajstić information content (AvgIpc) is 3.49. The van der Waals surface area contributed by atoms with Crippen LogP contribution in [0.4, 0.5) is 4.79 Å². The van der Waals surface area contributed by atoms with Gasteiger partial charge in [-0.2, -0.15) is 0 Å². The van der Waals surface area contributed by atoms with Crippen LogP contribution in [0.2, 0.25) is 0 Å². The van der Waals surface area contributed by atoms with Gasteiger partial charge in [0.1, 0.15) is 12.0 Å². The number of carbonyl (C=O) groups is 2. The van der Waals surface area contributed by atoms with Crippen LogP contribution in [0.5, 0.6) is 0 Å². The predicted molar refractivity (Wildman–Crippen MR) is 176 cm³/mol. The first kappa shape index (κ1) is 35.2. The fraction of sp³-hybridized carbons (Fsp3) is 0.529. The molecule has 2 amide bonds. The summed E-state index contributed by atoms with van der Waals surface area (Å²) in [5.41, 5.74) is 18.6. The monoisotopic (exact) mass is 607 g/mol. The normalized spacial score (nSPS) is 17.2. The highest BCUT2D eigenvalue weighted by molar-refractivity contribution is 5.81. The largest absolute Gasteiger partial charge is 0.414 e. The molecule has 0 radical (unpaired) electrons. The van der Waals surface area contributed by atoms with Gasteiger partial charge in [-0.1, -0.05) is 60.7 Å². The number of nitrogens with zero attached hydrogens (tertiary/aromatic N) is 3. The molecule has 0 spiro atoms. The van der Waals surface area contributed by atoms with E-state index in [1.54, 1.807) is 11.9 Å². The number of ether oxygens (including phenoxy) is 1. The molecule has 0 aliphatic carbocycles. The lowest BCUT2D eigenvalue weighted by atomic mass is 9.68. The number of rotatable bonds is 15. The number of nitrogens with one attached hydrogen (secondary N) is 1. The van der Waals surface area contributed by atoms with Crippen LogP contribution in [0.3, 0.4) is 0 Å². The van der Waals surface area contributed by atoms with Crippen molar-refractivity contribution in [2.24, 2.45) is 23.1 Å². The van der Waals surface area contributed by atoms with Gasteiger partial charge in [-0.3, -0.25) is 10.1 Å². The number of nitrogens with two attached hydrogens (primary N) is 3. The van der Waals surface area contributed by atoms with Crippen LogP contribution in [-0.4, -0.2) is 92.4 Å². The topological polar surface area (TPSA) is 143 Å². The molecular formula is C34H53N7O3. The molecule has 0 bridgehead atoms. The third-order valence-electron chi connectivity index (χ3n) is 8.73. The molecule has 0 saturated carbocycles. The highest BCUT2D eigenvalue weighted by atomic mass is 16.6. The Hall–Kier alpha value is -3.28. The summed E-state index contributed by atoms with van der Waals surface area (Å²) in [4.78, 5) is 32.3. The first-order valence-electron chi connectivity index (χ1n) is 15.7. The van der Waals surface area contributed by atoms with E-state index in [1.165, 1.54) is 0 Å². The lowest BCUT2D eigenvalue weighted by molar-refractivity contribution is -0.131. The van der Waals surface area contributed by atoms with Crippen LogP contribution < -0.4 is 22.5 Å². The Kier molecular flexibility index (Phi) is 13.4. The van der Waals surface area contributed by atoms with Crippen molar-refractivity contribution in [2.75, 3.05) is 47.3 Å². The van der Waals surface area contributed by atoms with Crippen molar-refractivity contribution in [2.45, 2.75) is 63.3 Å². The molecule has 1 heterocycles. The van der Waals surface area contributed by atoms with Crippen LogP contribution in [-0.2, 0) is 14.9 Å². The maximum Gasteiger partial charge on any atom is 0.414 e. The molecule has 1 saturated heterocycles. The number of amides is 2. The van der Waals surface area contributed by atoms with Crippen molar-refractivity contribution in [1.82, 2.24) is 20.0 Å². The molecule has 3 rings (SSSR count).